The number of nitrogens with one attached hydrogen (secondary N) is 1. The number of carbonyl (C=O) groups excluding carboxylic acids is 2. The summed E-state index contributed by atoms with van der Waals surface area (Å²) in [7, 11) is 0. The minimum Gasteiger partial charge on any atom is -0.550 e. The molecular weight excluding hydrogens is 348 g/mol. The van der Waals surface area contributed by atoms with Gasteiger partial charge in [-0.3, -0.25) is 4.79 Å². The van der Waals surface area contributed by atoms with E-state index in [9.17, 15) is 14.7 Å². The van der Waals surface area contributed by atoms with E-state index >= 15 is 0 Å². The SMILES string of the molecule is CCc1ccc(-c2csc(NC(=O)[C@@H]3[C@@H]4CC[C@@H](C4)[C@@H]3C(=O)[O-])n2)cc1. The lowest BCUT2D eigenvalue weighted by atomic mass is 9.79. The highest BCUT2D eigenvalue weighted by atomic mass is 32.1. The summed E-state index contributed by atoms with van der Waals surface area (Å²) in [5.41, 5.74) is 3.09. The van der Waals surface area contributed by atoms with Crippen LogP contribution >= 0.6 is 11.3 Å². The Morgan fingerprint density at radius 1 is 1.19 bits per heavy atom. The number of rotatable bonds is 5. The molecule has 5 nitrogen and oxygen atoms in total. The predicted octanol–water partition coefficient (Wildman–Crippen LogP) is 2.72. The zero-order valence-corrected chi connectivity index (χ0v) is 15.4. The van der Waals surface area contributed by atoms with Crippen LogP contribution in [-0.4, -0.2) is 16.9 Å². The third-order valence-electron chi connectivity index (χ3n) is 5.88. The molecule has 0 radical (unpaired) electrons. The van der Waals surface area contributed by atoms with E-state index in [1.54, 1.807) is 0 Å². The zero-order chi connectivity index (χ0) is 18.3. The molecule has 26 heavy (non-hydrogen) atoms. The Kier molecular flexibility index (Phi) is 4.53. The summed E-state index contributed by atoms with van der Waals surface area (Å²) in [6, 6.07) is 8.21. The molecule has 2 bridgehead atoms. The summed E-state index contributed by atoms with van der Waals surface area (Å²) in [6.45, 7) is 2.11. The maximum Gasteiger partial charge on any atom is 0.230 e. The summed E-state index contributed by atoms with van der Waals surface area (Å²) in [5, 5.41) is 16.8. The van der Waals surface area contributed by atoms with E-state index in [1.165, 1.54) is 16.9 Å². The van der Waals surface area contributed by atoms with Gasteiger partial charge in [-0.15, -0.1) is 11.3 Å². The second-order valence-electron chi connectivity index (χ2n) is 7.28. The fourth-order valence-corrected chi connectivity index (χ4v) is 5.29. The highest BCUT2D eigenvalue weighted by Crippen LogP contribution is 2.52. The summed E-state index contributed by atoms with van der Waals surface area (Å²) >= 11 is 1.37. The monoisotopic (exact) mass is 369 g/mol. The van der Waals surface area contributed by atoms with Gasteiger partial charge >= 0.3 is 0 Å². The number of thiazole rings is 1. The molecule has 0 aliphatic heterocycles. The van der Waals surface area contributed by atoms with E-state index in [-0.39, 0.29) is 17.7 Å². The maximum atomic E-state index is 12.7. The number of aliphatic carboxylic acids is 1. The summed E-state index contributed by atoms with van der Waals surface area (Å²) in [6.07, 6.45) is 3.63. The Morgan fingerprint density at radius 2 is 1.88 bits per heavy atom. The van der Waals surface area contributed by atoms with Gasteiger partial charge in [-0.2, -0.15) is 0 Å². The van der Waals surface area contributed by atoms with Crippen molar-refractivity contribution in [3.05, 3.63) is 35.2 Å². The number of nitrogens with zero attached hydrogens (tertiary/aromatic N) is 1. The molecule has 1 aromatic carbocycles. The van der Waals surface area contributed by atoms with Crippen LogP contribution in [0, 0.1) is 23.7 Å². The molecule has 2 fully saturated rings. The number of carboxylic acids is 1. The molecule has 4 atom stereocenters. The van der Waals surface area contributed by atoms with Gasteiger partial charge in [0.1, 0.15) is 0 Å². The second-order valence-corrected chi connectivity index (χ2v) is 8.14. The minimum absolute atomic E-state index is 0.0877. The molecule has 136 valence electrons. The van der Waals surface area contributed by atoms with Crippen molar-refractivity contribution in [3.63, 3.8) is 0 Å². The van der Waals surface area contributed by atoms with Crippen molar-refractivity contribution in [2.45, 2.75) is 32.6 Å². The van der Waals surface area contributed by atoms with Crippen molar-refractivity contribution in [1.29, 1.82) is 0 Å². The lowest BCUT2D eigenvalue weighted by Gasteiger charge is -2.30. The normalized spacial score (nSPS) is 26.8. The average molecular weight is 369 g/mol. The van der Waals surface area contributed by atoms with Gasteiger partial charge in [-0.05, 0) is 43.1 Å². The molecule has 2 aromatic rings. The number of hydrogen-bond acceptors (Lipinski definition) is 5. The molecule has 0 saturated heterocycles. The van der Waals surface area contributed by atoms with E-state index < -0.39 is 17.8 Å². The number of anilines is 1. The maximum absolute atomic E-state index is 12.7. The van der Waals surface area contributed by atoms with E-state index in [4.69, 9.17) is 0 Å². The highest BCUT2D eigenvalue weighted by molar-refractivity contribution is 7.14. The number of carbonyl (C=O) groups is 2. The van der Waals surface area contributed by atoms with Gasteiger partial charge in [0, 0.05) is 28.7 Å². The molecule has 0 spiro atoms. The van der Waals surface area contributed by atoms with Crippen LogP contribution in [0.4, 0.5) is 5.13 Å². The van der Waals surface area contributed by atoms with Crippen LogP contribution < -0.4 is 10.4 Å². The van der Waals surface area contributed by atoms with Crippen LogP contribution in [0.25, 0.3) is 11.3 Å². The first kappa shape index (κ1) is 17.2. The number of hydrogen-bond donors (Lipinski definition) is 1. The fourth-order valence-electron chi connectivity index (χ4n) is 4.57. The van der Waals surface area contributed by atoms with Crippen molar-refractivity contribution < 1.29 is 14.7 Å². The quantitative estimate of drug-likeness (QED) is 0.878. The zero-order valence-electron chi connectivity index (χ0n) is 14.6. The Labute approximate surface area is 156 Å². The Hall–Kier alpha value is -2.21. The van der Waals surface area contributed by atoms with Gasteiger partial charge in [-0.25, -0.2) is 4.98 Å². The molecule has 2 aliphatic rings. The molecule has 1 heterocycles. The molecule has 1 amide bonds. The molecule has 0 unspecified atom stereocenters. The lowest BCUT2D eigenvalue weighted by Crippen LogP contribution is -2.43. The Balaban J connectivity index is 1.48. The van der Waals surface area contributed by atoms with E-state index in [0.717, 1.165) is 36.9 Å². The van der Waals surface area contributed by atoms with Crippen molar-refractivity contribution >= 4 is 28.3 Å². The van der Waals surface area contributed by atoms with Gasteiger partial charge in [0.25, 0.3) is 0 Å². The van der Waals surface area contributed by atoms with E-state index in [1.807, 2.05) is 17.5 Å². The van der Waals surface area contributed by atoms with Crippen LogP contribution in [0.2, 0.25) is 0 Å². The summed E-state index contributed by atoms with van der Waals surface area (Å²) in [5.74, 6) is -2.22. The molecule has 1 N–H and O–H groups in total. The largest absolute Gasteiger partial charge is 0.550 e. The van der Waals surface area contributed by atoms with E-state index in [2.05, 4.69) is 29.4 Å². The van der Waals surface area contributed by atoms with Gasteiger partial charge < -0.3 is 15.2 Å². The number of carboxylic acid groups (broad SMARTS) is 1. The standard InChI is InChI=1S/C20H22N2O3S/c1-2-11-3-5-12(6-4-11)15-10-26-20(21-15)22-18(23)16-13-7-8-14(9-13)17(16)19(24)25/h3-6,10,13-14,16-17H,2,7-9H2,1H3,(H,24,25)(H,21,22,23)/p-1/t13-,14+,16-,17+/m1/s1. The number of amides is 1. The second kappa shape index (κ2) is 6.83. The first-order valence-corrected chi connectivity index (χ1v) is 10.0. The molecular formula is C20H21N2O3S-. The van der Waals surface area contributed by atoms with Crippen LogP contribution in [0.3, 0.4) is 0 Å². The van der Waals surface area contributed by atoms with Gasteiger partial charge in [0.05, 0.1) is 5.69 Å². The van der Waals surface area contributed by atoms with E-state index in [0.29, 0.717) is 5.13 Å². The van der Waals surface area contributed by atoms with Crippen LogP contribution in [-0.2, 0) is 16.0 Å². The van der Waals surface area contributed by atoms with Crippen molar-refractivity contribution in [2.75, 3.05) is 5.32 Å². The smallest absolute Gasteiger partial charge is 0.230 e. The number of benzene rings is 1. The van der Waals surface area contributed by atoms with Gasteiger partial charge in [-0.1, -0.05) is 31.2 Å². The van der Waals surface area contributed by atoms with Gasteiger partial charge in [0.2, 0.25) is 5.91 Å². The fraction of sp³-hybridized carbons (Fsp3) is 0.450. The average Bonchev–Trinajstić information content (AvgIpc) is 3.37. The molecule has 2 saturated carbocycles. The first-order valence-electron chi connectivity index (χ1n) is 9.13. The Morgan fingerprint density at radius 3 is 2.54 bits per heavy atom. The Bertz CT molecular complexity index is 830. The topological polar surface area (TPSA) is 82.1 Å². The molecule has 6 heteroatoms. The summed E-state index contributed by atoms with van der Waals surface area (Å²) < 4.78 is 0. The minimum atomic E-state index is -1.09. The van der Waals surface area contributed by atoms with Crippen molar-refractivity contribution in [3.8, 4) is 11.3 Å². The van der Waals surface area contributed by atoms with Crippen molar-refractivity contribution in [1.82, 2.24) is 4.98 Å². The number of fused-ring (bicyclic) bond motifs is 2. The third kappa shape index (κ3) is 3.03. The van der Waals surface area contributed by atoms with Gasteiger partial charge in [0.15, 0.2) is 5.13 Å². The molecule has 2 aliphatic carbocycles. The predicted molar refractivity (Wildman–Crippen MR) is 98.4 cm³/mol. The molecule has 1 aromatic heterocycles. The molecule has 4 rings (SSSR count). The van der Waals surface area contributed by atoms with Crippen LogP contribution in [0.15, 0.2) is 29.6 Å². The number of aryl methyl sites for hydroxylation is 1. The van der Waals surface area contributed by atoms with Crippen LogP contribution in [0.1, 0.15) is 31.7 Å². The highest BCUT2D eigenvalue weighted by Gasteiger charge is 2.51. The summed E-state index contributed by atoms with van der Waals surface area (Å²) in [4.78, 5) is 28.7. The number of aromatic nitrogens is 1. The third-order valence-corrected chi connectivity index (χ3v) is 6.64. The van der Waals surface area contributed by atoms with Crippen LogP contribution in [0.5, 0.6) is 0 Å². The van der Waals surface area contributed by atoms with Crippen molar-refractivity contribution in [2.24, 2.45) is 23.7 Å². The lowest BCUT2D eigenvalue weighted by molar-refractivity contribution is -0.314. The first-order chi connectivity index (χ1) is 12.6.